The van der Waals surface area contributed by atoms with Crippen LogP contribution in [0.1, 0.15) is 15.9 Å². The largest absolute Gasteiger partial charge is 0.348 e. The van der Waals surface area contributed by atoms with Gasteiger partial charge in [-0.25, -0.2) is 0 Å². The number of benzene rings is 1. The van der Waals surface area contributed by atoms with E-state index in [0.29, 0.717) is 12.1 Å². The third kappa shape index (κ3) is 2.30. The number of rotatable bonds is 3. The summed E-state index contributed by atoms with van der Waals surface area (Å²) in [5, 5.41) is 10.5. The number of carbonyl (C=O) groups excluding carboxylic acids is 1. The van der Waals surface area contributed by atoms with Crippen molar-refractivity contribution in [2.45, 2.75) is 6.54 Å². The molecule has 2 aromatic heterocycles. The van der Waals surface area contributed by atoms with Crippen LogP contribution >= 0.6 is 0 Å². The number of amides is 1. The van der Waals surface area contributed by atoms with E-state index in [-0.39, 0.29) is 5.91 Å². The smallest absolute Gasteiger partial charge is 0.252 e. The number of pyridine rings is 1. The van der Waals surface area contributed by atoms with Gasteiger partial charge in [-0.1, -0.05) is 12.1 Å². The topological polar surface area (TPSA) is 70.7 Å². The molecule has 1 amide bonds. The van der Waals surface area contributed by atoms with Crippen LogP contribution in [-0.2, 0) is 6.54 Å². The molecule has 0 saturated carbocycles. The summed E-state index contributed by atoms with van der Waals surface area (Å²) >= 11 is 0. The first kappa shape index (κ1) is 11.4. The van der Waals surface area contributed by atoms with Crippen LogP contribution in [0, 0.1) is 0 Å². The molecule has 3 rings (SSSR count). The maximum atomic E-state index is 12.2. The third-order valence-electron chi connectivity index (χ3n) is 2.91. The standard InChI is InChI=1S/C14H12N4O/c19-14(16-8-10-3-2-6-15-7-10)11-4-1-5-13-12(11)9-17-18-13/h1-7,9H,8H2,(H,16,19)(H,17,18). The van der Waals surface area contributed by atoms with E-state index in [2.05, 4.69) is 20.5 Å². The van der Waals surface area contributed by atoms with E-state index in [0.717, 1.165) is 16.5 Å². The number of hydrogen-bond donors (Lipinski definition) is 2. The van der Waals surface area contributed by atoms with Crippen LogP contribution in [0.4, 0.5) is 0 Å². The molecule has 94 valence electrons. The number of H-pyrrole nitrogens is 1. The maximum absolute atomic E-state index is 12.2. The highest BCUT2D eigenvalue weighted by atomic mass is 16.1. The number of fused-ring (bicyclic) bond motifs is 1. The second kappa shape index (κ2) is 4.89. The Bertz CT molecular complexity index is 706. The minimum absolute atomic E-state index is 0.115. The van der Waals surface area contributed by atoms with Gasteiger partial charge in [0.05, 0.1) is 17.3 Å². The zero-order chi connectivity index (χ0) is 13.1. The van der Waals surface area contributed by atoms with Crippen molar-refractivity contribution in [2.24, 2.45) is 0 Å². The highest BCUT2D eigenvalue weighted by molar-refractivity contribution is 6.05. The first-order valence-corrected chi connectivity index (χ1v) is 5.94. The van der Waals surface area contributed by atoms with Crippen molar-refractivity contribution in [3.8, 4) is 0 Å². The Morgan fingerprint density at radius 1 is 1.21 bits per heavy atom. The van der Waals surface area contributed by atoms with Crippen LogP contribution in [0.5, 0.6) is 0 Å². The second-order valence-corrected chi connectivity index (χ2v) is 4.18. The van der Waals surface area contributed by atoms with Crippen molar-refractivity contribution in [3.63, 3.8) is 0 Å². The van der Waals surface area contributed by atoms with Gasteiger partial charge in [0.1, 0.15) is 0 Å². The normalized spacial score (nSPS) is 10.5. The molecule has 0 aliphatic rings. The van der Waals surface area contributed by atoms with Gasteiger partial charge in [-0.2, -0.15) is 5.10 Å². The second-order valence-electron chi connectivity index (χ2n) is 4.18. The summed E-state index contributed by atoms with van der Waals surface area (Å²) in [7, 11) is 0. The Hall–Kier alpha value is -2.69. The average Bonchev–Trinajstić information content (AvgIpc) is 2.94. The van der Waals surface area contributed by atoms with Gasteiger partial charge < -0.3 is 5.32 Å². The van der Waals surface area contributed by atoms with Crippen molar-refractivity contribution in [2.75, 3.05) is 0 Å². The van der Waals surface area contributed by atoms with E-state index in [1.165, 1.54) is 0 Å². The molecule has 0 aliphatic carbocycles. The lowest BCUT2D eigenvalue weighted by Crippen LogP contribution is -2.22. The van der Waals surface area contributed by atoms with Crippen LogP contribution in [0.15, 0.2) is 48.9 Å². The average molecular weight is 252 g/mol. The van der Waals surface area contributed by atoms with E-state index >= 15 is 0 Å². The van der Waals surface area contributed by atoms with E-state index in [1.54, 1.807) is 24.7 Å². The summed E-state index contributed by atoms with van der Waals surface area (Å²) in [5.74, 6) is -0.115. The Balaban J connectivity index is 1.79. The molecule has 3 aromatic rings. The molecule has 5 nitrogen and oxygen atoms in total. The van der Waals surface area contributed by atoms with Crippen molar-refractivity contribution in [3.05, 3.63) is 60.0 Å². The van der Waals surface area contributed by atoms with Gasteiger partial charge in [0.2, 0.25) is 0 Å². The Labute approximate surface area is 109 Å². The summed E-state index contributed by atoms with van der Waals surface area (Å²) < 4.78 is 0. The zero-order valence-corrected chi connectivity index (χ0v) is 10.1. The van der Waals surface area contributed by atoms with Gasteiger partial charge in [-0.3, -0.25) is 14.9 Å². The van der Waals surface area contributed by atoms with Crippen LogP contribution in [0.3, 0.4) is 0 Å². The first-order valence-electron chi connectivity index (χ1n) is 5.94. The Morgan fingerprint density at radius 3 is 3.00 bits per heavy atom. The molecule has 0 unspecified atom stereocenters. The summed E-state index contributed by atoms with van der Waals surface area (Å²) in [6.07, 6.45) is 5.10. The van der Waals surface area contributed by atoms with Crippen molar-refractivity contribution >= 4 is 16.8 Å². The van der Waals surface area contributed by atoms with Crippen LogP contribution < -0.4 is 5.32 Å². The van der Waals surface area contributed by atoms with E-state index in [9.17, 15) is 4.79 Å². The molecule has 1 aromatic carbocycles. The predicted octanol–water partition coefficient (Wildman–Crippen LogP) is 1.89. The monoisotopic (exact) mass is 252 g/mol. The Kier molecular flexibility index (Phi) is 2.94. The molecular formula is C14H12N4O. The summed E-state index contributed by atoms with van der Waals surface area (Å²) in [5.41, 5.74) is 2.44. The molecule has 0 spiro atoms. The third-order valence-corrected chi connectivity index (χ3v) is 2.91. The quantitative estimate of drug-likeness (QED) is 0.747. The minimum atomic E-state index is -0.115. The summed E-state index contributed by atoms with van der Waals surface area (Å²) in [4.78, 5) is 16.2. The van der Waals surface area contributed by atoms with Gasteiger partial charge in [0.25, 0.3) is 5.91 Å². The number of aromatic amines is 1. The fraction of sp³-hybridized carbons (Fsp3) is 0.0714. The van der Waals surface area contributed by atoms with Crippen molar-refractivity contribution in [1.29, 1.82) is 0 Å². The molecule has 0 atom stereocenters. The molecule has 2 heterocycles. The van der Waals surface area contributed by atoms with Crippen LogP contribution in [-0.4, -0.2) is 21.1 Å². The molecule has 2 N–H and O–H groups in total. The first-order chi connectivity index (χ1) is 9.34. The van der Waals surface area contributed by atoms with E-state index < -0.39 is 0 Å². The van der Waals surface area contributed by atoms with Crippen molar-refractivity contribution in [1.82, 2.24) is 20.5 Å². The van der Waals surface area contributed by atoms with Gasteiger partial charge in [-0.15, -0.1) is 0 Å². The Morgan fingerprint density at radius 2 is 2.16 bits per heavy atom. The molecule has 0 saturated heterocycles. The molecule has 0 aliphatic heterocycles. The molecule has 19 heavy (non-hydrogen) atoms. The number of nitrogens with zero attached hydrogens (tertiary/aromatic N) is 2. The SMILES string of the molecule is O=C(NCc1cccnc1)c1cccc2[nH]ncc12. The lowest BCUT2D eigenvalue weighted by atomic mass is 10.1. The lowest BCUT2D eigenvalue weighted by Gasteiger charge is -2.05. The van der Waals surface area contributed by atoms with E-state index in [1.807, 2.05) is 24.3 Å². The molecule has 0 radical (unpaired) electrons. The van der Waals surface area contributed by atoms with Crippen LogP contribution in [0.25, 0.3) is 10.9 Å². The molecular weight excluding hydrogens is 240 g/mol. The molecule has 5 heteroatoms. The van der Waals surface area contributed by atoms with Gasteiger partial charge in [0.15, 0.2) is 0 Å². The fourth-order valence-electron chi connectivity index (χ4n) is 1.95. The van der Waals surface area contributed by atoms with Gasteiger partial charge in [0, 0.05) is 24.3 Å². The van der Waals surface area contributed by atoms with Crippen molar-refractivity contribution < 1.29 is 4.79 Å². The lowest BCUT2D eigenvalue weighted by molar-refractivity contribution is 0.0952. The summed E-state index contributed by atoms with van der Waals surface area (Å²) in [6.45, 7) is 0.459. The minimum Gasteiger partial charge on any atom is -0.348 e. The van der Waals surface area contributed by atoms with E-state index in [4.69, 9.17) is 0 Å². The molecule has 0 fully saturated rings. The number of hydrogen-bond acceptors (Lipinski definition) is 3. The number of aromatic nitrogens is 3. The predicted molar refractivity (Wildman–Crippen MR) is 71.5 cm³/mol. The van der Waals surface area contributed by atoms with Gasteiger partial charge in [-0.05, 0) is 23.8 Å². The highest BCUT2D eigenvalue weighted by Gasteiger charge is 2.10. The zero-order valence-electron chi connectivity index (χ0n) is 10.1. The van der Waals surface area contributed by atoms with Crippen LogP contribution in [0.2, 0.25) is 0 Å². The highest BCUT2D eigenvalue weighted by Crippen LogP contribution is 2.15. The number of nitrogens with one attached hydrogen (secondary N) is 2. The summed E-state index contributed by atoms with van der Waals surface area (Å²) in [6, 6.07) is 9.28. The maximum Gasteiger partial charge on any atom is 0.252 e. The fourth-order valence-corrected chi connectivity index (χ4v) is 1.95. The van der Waals surface area contributed by atoms with Gasteiger partial charge >= 0.3 is 0 Å². The molecule has 0 bridgehead atoms. The number of carbonyl (C=O) groups is 1.